The zero-order valence-electron chi connectivity index (χ0n) is 12.6. The van der Waals surface area contributed by atoms with Gasteiger partial charge in [-0.05, 0) is 38.1 Å². The van der Waals surface area contributed by atoms with E-state index in [0.29, 0.717) is 12.1 Å². The molecule has 5 heteroatoms. The van der Waals surface area contributed by atoms with Crippen LogP contribution in [0.1, 0.15) is 36.0 Å². The number of carbonyl (C=O) groups is 2. The van der Waals surface area contributed by atoms with Gasteiger partial charge in [0.25, 0.3) is 11.7 Å². The Kier molecular flexibility index (Phi) is 5.87. The van der Waals surface area contributed by atoms with Crippen molar-refractivity contribution in [3.63, 3.8) is 0 Å². The summed E-state index contributed by atoms with van der Waals surface area (Å²) in [6.07, 6.45) is 8.07. The molecule has 0 spiro atoms. The van der Waals surface area contributed by atoms with Crippen molar-refractivity contribution in [1.82, 2.24) is 14.8 Å². The molecule has 0 saturated carbocycles. The monoisotopic (exact) mass is 289 g/mol. The molecule has 1 aliphatic heterocycles. The van der Waals surface area contributed by atoms with Crippen molar-refractivity contribution in [3.8, 4) is 0 Å². The van der Waals surface area contributed by atoms with Crippen LogP contribution in [-0.4, -0.2) is 59.7 Å². The maximum absolute atomic E-state index is 12.1. The van der Waals surface area contributed by atoms with E-state index in [1.807, 2.05) is 0 Å². The molecule has 0 aromatic carbocycles. The van der Waals surface area contributed by atoms with Crippen LogP contribution >= 0.6 is 0 Å². The van der Waals surface area contributed by atoms with E-state index in [-0.39, 0.29) is 0 Å². The number of amides is 1. The van der Waals surface area contributed by atoms with Crippen LogP contribution in [-0.2, 0) is 4.79 Å². The molecule has 1 saturated heterocycles. The van der Waals surface area contributed by atoms with E-state index in [1.165, 1.54) is 36.8 Å². The third kappa shape index (κ3) is 4.63. The quantitative estimate of drug-likeness (QED) is 0.610. The molecule has 21 heavy (non-hydrogen) atoms. The summed E-state index contributed by atoms with van der Waals surface area (Å²) in [6, 6.07) is 3.29. The molecule has 1 fully saturated rings. The summed E-state index contributed by atoms with van der Waals surface area (Å²) in [4.78, 5) is 31.9. The van der Waals surface area contributed by atoms with Crippen molar-refractivity contribution < 1.29 is 9.59 Å². The number of Topliss-reactive ketones (excluding diaryl/α,β-unsaturated/α-hetero) is 1. The van der Waals surface area contributed by atoms with Gasteiger partial charge in [-0.25, -0.2) is 0 Å². The minimum absolute atomic E-state index is 0.351. The average Bonchev–Trinajstić information content (AvgIpc) is 2.80. The maximum Gasteiger partial charge on any atom is 0.294 e. The molecule has 0 bridgehead atoms. The molecule has 2 heterocycles. The Bertz CT molecular complexity index is 468. The van der Waals surface area contributed by atoms with Crippen LogP contribution < -0.4 is 0 Å². The Balaban J connectivity index is 1.83. The Morgan fingerprint density at radius 1 is 1.24 bits per heavy atom. The van der Waals surface area contributed by atoms with Crippen LogP contribution in [0, 0.1) is 0 Å². The Labute approximate surface area is 126 Å². The number of likely N-dealkylation sites (N-methyl/N-ethyl adjacent to an activating group) is 1. The van der Waals surface area contributed by atoms with E-state index in [2.05, 4.69) is 9.88 Å². The van der Waals surface area contributed by atoms with Gasteiger partial charge in [0.2, 0.25) is 0 Å². The normalized spacial score (nSPS) is 16.2. The lowest BCUT2D eigenvalue weighted by molar-refractivity contribution is -0.125. The van der Waals surface area contributed by atoms with Gasteiger partial charge in [0, 0.05) is 38.1 Å². The second-order valence-electron chi connectivity index (χ2n) is 5.55. The highest BCUT2D eigenvalue weighted by Gasteiger charge is 2.21. The lowest BCUT2D eigenvalue weighted by atomic mass is 10.2. The minimum Gasteiger partial charge on any atom is -0.338 e. The molecule has 0 atom stereocenters. The molecule has 1 aliphatic rings. The molecular formula is C16H23N3O2. The van der Waals surface area contributed by atoms with Gasteiger partial charge in [0.15, 0.2) is 0 Å². The first-order valence-electron chi connectivity index (χ1n) is 7.60. The van der Waals surface area contributed by atoms with Crippen LogP contribution in [0.25, 0.3) is 0 Å². The molecule has 5 nitrogen and oxygen atoms in total. The molecule has 2 rings (SSSR count). The molecule has 1 aromatic rings. The highest BCUT2D eigenvalue weighted by Crippen LogP contribution is 2.09. The molecule has 0 N–H and O–H groups in total. The lowest BCUT2D eigenvalue weighted by Crippen LogP contribution is -2.39. The van der Waals surface area contributed by atoms with Gasteiger partial charge >= 0.3 is 0 Å². The van der Waals surface area contributed by atoms with Gasteiger partial charge in [-0.3, -0.25) is 14.6 Å². The van der Waals surface area contributed by atoms with Crippen LogP contribution in [0.4, 0.5) is 0 Å². The van der Waals surface area contributed by atoms with Gasteiger partial charge in [-0.2, -0.15) is 0 Å². The number of ketones is 1. The number of hydrogen-bond donors (Lipinski definition) is 0. The number of pyridine rings is 1. The molecule has 114 valence electrons. The Morgan fingerprint density at radius 2 is 1.95 bits per heavy atom. The van der Waals surface area contributed by atoms with Gasteiger partial charge in [-0.15, -0.1) is 0 Å². The van der Waals surface area contributed by atoms with Crippen molar-refractivity contribution >= 4 is 11.7 Å². The zero-order valence-corrected chi connectivity index (χ0v) is 12.6. The minimum atomic E-state index is -0.485. The van der Waals surface area contributed by atoms with Crippen molar-refractivity contribution in [2.24, 2.45) is 0 Å². The topological polar surface area (TPSA) is 53.5 Å². The highest BCUT2D eigenvalue weighted by molar-refractivity contribution is 6.42. The van der Waals surface area contributed by atoms with Gasteiger partial charge < -0.3 is 9.80 Å². The first kappa shape index (κ1) is 15.6. The second-order valence-corrected chi connectivity index (χ2v) is 5.55. The highest BCUT2D eigenvalue weighted by atomic mass is 16.2. The summed E-state index contributed by atoms with van der Waals surface area (Å²) in [5.74, 6) is -0.945. The molecular weight excluding hydrogens is 266 g/mol. The standard InChI is InChI=1S/C16H23N3O2/c1-18(11-12-19-9-4-2-3-5-10-19)16(21)15(20)14-7-6-8-17-13-14/h6-8,13H,2-5,9-12H2,1H3. The summed E-state index contributed by atoms with van der Waals surface area (Å²) >= 11 is 0. The molecule has 1 aromatic heterocycles. The Morgan fingerprint density at radius 3 is 2.57 bits per heavy atom. The fraction of sp³-hybridized carbons (Fsp3) is 0.562. The number of rotatable bonds is 5. The van der Waals surface area contributed by atoms with Gasteiger partial charge in [-0.1, -0.05) is 12.8 Å². The second kappa shape index (κ2) is 7.88. The molecule has 0 radical (unpaired) electrons. The van der Waals surface area contributed by atoms with Gasteiger partial charge in [0.1, 0.15) is 0 Å². The smallest absolute Gasteiger partial charge is 0.294 e. The largest absolute Gasteiger partial charge is 0.338 e. The maximum atomic E-state index is 12.1. The first-order chi connectivity index (χ1) is 10.2. The molecule has 1 amide bonds. The van der Waals surface area contributed by atoms with Gasteiger partial charge in [0.05, 0.1) is 0 Å². The van der Waals surface area contributed by atoms with Crippen LogP contribution in [0.15, 0.2) is 24.5 Å². The third-order valence-corrected chi connectivity index (χ3v) is 3.91. The van der Waals surface area contributed by atoms with E-state index in [4.69, 9.17) is 0 Å². The number of aromatic nitrogens is 1. The first-order valence-corrected chi connectivity index (χ1v) is 7.60. The predicted octanol–water partition coefficient (Wildman–Crippen LogP) is 1.60. The van der Waals surface area contributed by atoms with E-state index >= 15 is 0 Å². The summed E-state index contributed by atoms with van der Waals surface area (Å²) in [5, 5.41) is 0. The van der Waals surface area contributed by atoms with E-state index in [0.717, 1.165) is 19.6 Å². The van der Waals surface area contributed by atoms with Crippen molar-refractivity contribution in [1.29, 1.82) is 0 Å². The average molecular weight is 289 g/mol. The van der Waals surface area contributed by atoms with Crippen LogP contribution in [0.5, 0.6) is 0 Å². The Hall–Kier alpha value is -1.75. The summed E-state index contributed by atoms with van der Waals surface area (Å²) in [5.41, 5.74) is 0.351. The molecule has 0 unspecified atom stereocenters. The van der Waals surface area contributed by atoms with E-state index < -0.39 is 11.7 Å². The predicted molar refractivity (Wildman–Crippen MR) is 81.1 cm³/mol. The van der Waals surface area contributed by atoms with Crippen molar-refractivity contribution in [2.45, 2.75) is 25.7 Å². The summed E-state index contributed by atoms with van der Waals surface area (Å²) < 4.78 is 0. The van der Waals surface area contributed by atoms with E-state index in [1.54, 1.807) is 25.4 Å². The fourth-order valence-corrected chi connectivity index (χ4v) is 2.55. The fourth-order valence-electron chi connectivity index (χ4n) is 2.55. The van der Waals surface area contributed by atoms with Crippen molar-refractivity contribution in [2.75, 3.05) is 33.2 Å². The number of hydrogen-bond acceptors (Lipinski definition) is 4. The van der Waals surface area contributed by atoms with Crippen LogP contribution in [0.3, 0.4) is 0 Å². The van der Waals surface area contributed by atoms with Crippen molar-refractivity contribution in [3.05, 3.63) is 30.1 Å². The van der Waals surface area contributed by atoms with E-state index in [9.17, 15) is 9.59 Å². The number of carbonyl (C=O) groups excluding carboxylic acids is 2. The summed E-state index contributed by atoms with van der Waals surface area (Å²) in [7, 11) is 1.69. The zero-order chi connectivity index (χ0) is 15.1. The van der Waals surface area contributed by atoms with Crippen LogP contribution in [0.2, 0.25) is 0 Å². The molecule has 0 aliphatic carbocycles. The SMILES string of the molecule is CN(CCN1CCCCCC1)C(=O)C(=O)c1cccnc1. The number of likely N-dealkylation sites (tertiary alicyclic amines) is 1. The lowest BCUT2D eigenvalue weighted by Gasteiger charge is -2.23. The number of nitrogens with zero attached hydrogens (tertiary/aromatic N) is 3. The summed E-state index contributed by atoms with van der Waals surface area (Å²) in [6.45, 7) is 3.62. The third-order valence-electron chi connectivity index (χ3n) is 3.91.